The molecule has 1 amide bonds. The summed E-state index contributed by atoms with van der Waals surface area (Å²) in [5.41, 5.74) is 3.22. The number of carbonyl (C=O) groups excluding carboxylic acids is 1. The Morgan fingerprint density at radius 2 is 1.50 bits per heavy atom. The molecule has 3 aromatic heterocycles. The summed E-state index contributed by atoms with van der Waals surface area (Å²) in [7, 11) is 0. The molecule has 0 unspecified atom stereocenters. The summed E-state index contributed by atoms with van der Waals surface area (Å²) in [5.74, 6) is 0.458. The Morgan fingerprint density at radius 3 is 2.07 bits per heavy atom. The number of amides is 1. The number of rotatable bonds is 9. The molecule has 6 nitrogen and oxygen atoms in total. The first kappa shape index (κ1) is 20.0. The first-order chi connectivity index (χ1) is 13.8. The molecule has 0 aliphatic heterocycles. The van der Waals surface area contributed by atoms with Gasteiger partial charge in [0.1, 0.15) is 0 Å². The molecule has 144 valence electrons. The lowest BCUT2D eigenvalue weighted by Gasteiger charge is -2.22. The second-order valence-corrected chi connectivity index (χ2v) is 6.71. The molecule has 0 fully saturated rings. The normalized spacial score (nSPS) is 10.8. The smallest absolute Gasteiger partial charge is 0.253 e. The molecule has 0 radical (unpaired) electrons. The van der Waals surface area contributed by atoms with Gasteiger partial charge in [-0.3, -0.25) is 24.6 Å². The van der Waals surface area contributed by atoms with Crippen molar-refractivity contribution in [1.82, 2.24) is 25.2 Å². The summed E-state index contributed by atoms with van der Waals surface area (Å²) in [6.45, 7) is 2.29. The topological polar surface area (TPSA) is 71.0 Å². The average Bonchev–Trinajstić information content (AvgIpc) is 2.74. The van der Waals surface area contributed by atoms with Gasteiger partial charge in [-0.25, -0.2) is 0 Å². The van der Waals surface area contributed by atoms with Crippen LogP contribution >= 0.6 is 12.6 Å². The van der Waals surface area contributed by atoms with Crippen molar-refractivity contribution in [3.05, 3.63) is 89.8 Å². The maximum Gasteiger partial charge on any atom is 0.253 e. The fourth-order valence-electron chi connectivity index (χ4n) is 2.86. The van der Waals surface area contributed by atoms with Crippen LogP contribution in [0.15, 0.2) is 67.1 Å². The van der Waals surface area contributed by atoms with E-state index in [1.165, 1.54) is 0 Å². The molecule has 0 saturated carbocycles. The van der Waals surface area contributed by atoms with Gasteiger partial charge in [-0.05, 0) is 36.4 Å². The monoisotopic (exact) mass is 393 g/mol. The molecule has 7 heteroatoms. The van der Waals surface area contributed by atoms with Gasteiger partial charge in [-0.2, -0.15) is 12.6 Å². The van der Waals surface area contributed by atoms with Crippen LogP contribution in [0, 0.1) is 0 Å². The third-order valence-corrected chi connectivity index (χ3v) is 4.35. The van der Waals surface area contributed by atoms with E-state index in [4.69, 9.17) is 0 Å². The van der Waals surface area contributed by atoms with Crippen LogP contribution < -0.4 is 5.32 Å². The Labute approximate surface area is 170 Å². The Kier molecular flexibility index (Phi) is 7.52. The zero-order valence-electron chi connectivity index (χ0n) is 15.5. The molecule has 0 atom stereocenters. The lowest BCUT2D eigenvalue weighted by molar-refractivity contribution is 0.0953. The quantitative estimate of drug-likeness (QED) is 0.547. The molecular formula is C21H23N5OS. The van der Waals surface area contributed by atoms with E-state index in [1.54, 1.807) is 30.7 Å². The summed E-state index contributed by atoms with van der Waals surface area (Å²) < 4.78 is 0. The number of thiol groups is 1. The van der Waals surface area contributed by atoms with Crippen LogP contribution in [-0.2, 0) is 19.6 Å². The van der Waals surface area contributed by atoms with Gasteiger partial charge in [-0.15, -0.1) is 0 Å². The third kappa shape index (κ3) is 5.87. The number of hydrogen-bond donors (Lipinski definition) is 2. The van der Waals surface area contributed by atoms with E-state index in [-0.39, 0.29) is 5.91 Å². The van der Waals surface area contributed by atoms with Crippen LogP contribution in [0.3, 0.4) is 0 Å². The van der Waals surface area contributed by atoms with Gasteiger partial charge >= 0.3 is 0 Å². The first-order valence-corrected chi connectivity index (χ1v) is 9.74. The van der Waals surface area contributed by atoms with Crippen molar-refractivity contribution in [2.24, 2.45) is 0 Å². The molecule has 0 bridgehead atoms. The molecule has 0 saturated heterocycles. The van der Waals surface area contributed by atoms with Crippen LogP contribution in [-0.4, -0.2) is 38.1 Å². The van der Waals surface area contributed by atoms with Gasteiger partial charge in [0.25, 0.3) is 5.91 Å². The van der Waals surface area contributed by atoms with Crippen LogP contribution in [0.2, 0.25) is 0 Å². The fourth-order valence-corrected chi connectivity index (χ4v) is 2.97. The van der Waals surface area contributed by atoms with E-state index >= 15 is 0 Å². The highest BCUT2D eigenvalue weighted by molar-refractivity contribution is 7.80. The standard InChI is InChI=1S/C21H23N5OS/c27-21(25-12-13-28)19-8-5-11-24-20(19)16-26(14-17-6-1-3-9-22-17)15-18-7-2-4-10-23-18/h1-11,28H,12-16H2,(H,25,27). The average molecular weight is 394 g/mol. The molecule has 0 spiro atoms. The van der Waals surface area contributed by atoms with Crippen LogP contribution in [0.5, 0.6) is 0 Å². The lowest BCUT2D eigenvalue weighted by atomic mass is 10.1. The van der Waals surface area contributed by atoms with E-state index in [2.05, 4.69) is 37.8 Å². The number of hydrogen-bond acceptors (Lipinski definition) is 6. The zero-order chi connectivity index (χ0) is 19.6. The minimum Gasteiger partial charge on any atom is -0.351 e. The minimum atomic E-state index is -0.132. The molecule has 28 heavy (non-hydrogen) atoms. The highest BCUT2D eigenvalue weighted by Gasteiger charge is 2.16. The van der Waals surface area contributed by atoms with Crippen molar-refractivity contribution < 1.29 is 4.79 Å². The van der Waals surface area contributed by atoms with E-state index in [1.807, 2.05) is 36.4 Å². The Balaban J connectivity index is 1.82. The number of aromatic nitrogens is 3. The number of carbonyl (C=O) groups is 1. The van der Waals surface area contributed by atoms with Gasteiger partial charge in [0, 0.05) is 50.5 Å². The number of nitrogens with zero attached hydrogens (tertiary/aromatic N) is 4. The van der Waals surface area contributed by atoms with Crippen LogP contribution in [0.1, 0.15) is 27.4 Å². The lowest BCUT2D eigenvalue weighted by Crippen LogP contribution is -2.29. The largest absolute Gasteiger partial charge is 0.351 e. The maximum atomic E-state index is 12.5. The first-order valence-electron chi connectivity index (χ1n) is 9.11. The number of pyridine rings is 3. The summed E-state index contributed by atoms with van der Waals surface area (Å²) in [6, 6.07) is 15.3. The predicted octanol–water partition coefficient (Wildman–Crippen LogP) is 2.73. The molecule has 1 N–H and O–H groups in total. The summed E-state index contributed by atoms with van der Waals surface area (Å²) in [5, 5.41) is 2.86. The number of nitrogens with one attached hydrogen (secondary N) is 1. The molecule has 3 heterocycles. The van der Waals surface area contributed by atoms with Crippen molar-refractivity contribution in [2.75, 3.05) is 12.3 Å². The van der Waals surface area contributed by atoms with Crippen molar-refractivity contribution in [2.45, 2.75) is 19.6 Å². The van der Waals surface area contributed by atoms with Crippen molar-refractivity contribution in [1.29, 1.82) is 0 Å². The maximum absolute atomic E-state index is 12.5. The molecular weight excluding hydrogens is 370 g/mol. The van der Waals surface area contributed by atoms with Crippen LogP contribution in [0.25, 0.3) is 0 Å². The van der Waals surface area contributed by atoms with E-state index in [0.29, 0.717) is 37.5 Å². The van der Waals surface area contributed by atoms with Gasteiger partial charge in [0.15, 0.2) is 0 Å². The van der Waals surface area contributed by atoms with Gasteiger partial charge in [-0.1, -0.05) is 12.1 Å². The van der Waals surface area contributed by atoms with E-state index in [0.717, 1.165) is 17.1 Å². The van der Waals surface area contributed by atoms with E-state index in [9.17, 15) is 4.79 Å². The highest BCUT2D eigenvalue weighted by Crippen LogP contribution is 2.14. The second kappa shape index (κ2) is 10.5. The minimum absolute atomic E-state index is 0.132. The molecule has 0 aromatic carbocycles. The Bertz CT molecular complexity index is 835. The molecule has 3 rings (SSSR count). The van der Waals surface area contributed by atoms with Gasteiger partial charge in [0.2, 0.25) is 0 Å². The molecule has 0 aliphatic rings. The summed E-state index contributed by atoms with van der Waals surface area (Å²) >= 11 is 4.15. The third-order valence-electron chi connectivity index (χ3n) is 4.13. The van der Waals surface area contributed by atoms with Crippen molar-refractivity contribution >= 4 is 18.5 Å². The van der Waals surface area contributed by atoms with Crippen molar-refractivity contribution in [3.8, 4) is 0 Å². The SMILES string of the molecule is O=C(NCCS)c1cccnc1CN(Cc1ccccn1)Cc1ccccn1. The highest BCUT2D eigenvalue weighted by atomic mass is 32.1. The summed E-state index contributed by atoms with van der Waals surface area (Å²) in [6.07, 6.45) is 5.28. The van der Waals surface area contributed by atoms with Gasteiger partial charge in [0.05, 0.1) is 22.6 Å². The second-order valence-electron chi connectivity index (χ2n) is 6.26. The van der Waals surface area contributed by atoms with E-state index < -0.39 is 0 Å². The zero-order valence-corrected chi connectivity index (χ0v) is 16.4. The molecule has 3 aromatic rings. The predicted molar refractivity (Wildman–Crippen MR) is 112 cm³/mol. The van der Waals surface area contributed by atoms with Crippen LogP contribution in [0.4, 0.5) is 0 Å². The molecule has 0 aliphatic carbocycles. The fraction of sp³-hybridized carbons (Fsp3) is 0.238. The Morgan fingerprint density at radius 1 is 0.857 bits per heavy atom. The van der Waals surface area contributed by atoms with Crippen molar-refractivity contribution in [3.63, 3.8) is 0 Å². The summed E-state index contributed by atoms with van der Waals surface area (Å²) in [4.78, 5) is 28.0. The Hall–Kier alpha value is -2.77. The van der Waals surface area contributed by atoms with Gasteiger partial charge < -0.3 is 5.32 Å².